The Morgan fingerprint density at radius 1 is 1.35 bits per heavy atom. The summed E-state index contributed by atoms with van der Waals surface area (Å²) in [5.74, 6) is -1.24. The van der Waals surface area contributed by atoms with Crippen LogP contribution in [0.4, 0.5) is 0 Å². The first-order valence-electron chi connectivity index (χ1n) is 7.58. The summed E-state index contributed by atoms with van der Waals surface area (Å²) >= 11 is 13.1. The van der Waals surface area contributed by atoms with Crippen molar-refractivity contribution < 1.29 is 14.7 Å². The van der Waals surface area contributed by atoms with Gasteiger partial charge in [0.15, 0.2) is 0 Å². The van der Waals surface area contributed by atoms with Crippen molar-refractivity contribution in [3.8, 4) is 5.88 Å². The summed E-state index contributed by atoms with van der Waals surface area (Å²) in [4.78, 5) is 29.2. The Hall–Kier alpha value is -2.09. The Labute approximate surface area is 163 Å². The topological polar surface area (TPSA) is 98.2 Å². The number of nitrogens with zero attached hydrogens (tertiary/aromatic N) is 2. The van der Waals surface area contributed by atoms with Gasteiger partial charge in [-0.3, -0.25) is 9.59 Å². The van der Waals surface area contributed by atoms with Gasteiger partial charge in [0.1, 0.15) is 16.2 Å². The summed E-state index contributed by atoms with van der Waals surface area (Å²) in [6.45, 7) is 3.39. The van der Waals surface area contributed by atoms with Crippen molar-refractivity contribution in [2.45, 2.75) is 20.4 Å². The fraction of sp³-hybridized carbons (Fsp3) is 0.235. The number of hydrogen-bond donors (Lipinski definition) is 2. The van der Waals surface area contributed by atoms with Gasteiger partial charge in [-0.05, 0) is 32.0 Å². The Morgan fingerprint density at radius 2 is 2.04 bits per heavy atom. The van der Waals surface area contributed by atoms with Crippen molar-refractivity contribution >= 4 is 57.3 Å². The SMILES string of the molecule is CC(C)(Cn1c(O)c(C(=O)c2cc(Cl)cs2)c2nc(Cl)ccc21)C(N)=O. The molecule has 0 unspecified atom stereocenters. The number of hydrogen-bond acceptors (Lipinski definition) is 5. The lowest BCUT2D eigenvalue weighted by molar-refractivity contribution is -0.126. The summed E-state index contributed by atoms with van der Waals surface area (Å²) in [6, 6.07) is 4.71. The monoisotopic (exact) mass is 411 g/mol. The Bertz CT molecular complexity index is 1040. The van der Waals surface area contributed by atoms with Gasteiger partial charge < -0.3 is 15.4 Å². The van der Waals surface area contributed by atoms with Gasteiger partial charge in [-0.1, -0.05) is 23.2 Å². The molecule has 3 aromatic heterocycles. The first kappa shape index (κ1) is 18.7. The fourth-order valence-corrected chi connectivity index (χ4v) is 3.75. The quantitative estimate of drug-likeness (QED) is 0.491. The molecule has 0 atom stereocenters. The molecule has 0 fully saturated rings. The van der Waals surface area contributed by atoms with Crippen LogP contribution in [0.5, 0.6) is 5.88 Å². The highest BCUT2D eigenvalue weighted by Gasteiger charge is 2.31. The highest BCUT2D eigenvalue weighted by Crippen LogP contribution is 2.36. The van der Waals surface area contributed by atoms with E-state index in [0.29, 0.717) is 15.4 Å². The van der Waals surface area contributed by atoms with Crippen molar-refractivity contribution in [2.24, 2.45) is 11.1 Å². The van der Waals surface area contributed by atoms with Crippen LogP contribution >= 0.6 is 34.5 Å². The molecule has 3 N–H and O–H groups in total. The van der Waals surface area contributed by atoms with E-state index >= 15 is 0 Å². The molecule has 0 bridgehead atoms. The van der Waals surface area contributed by atoms with Crippen LogP contribution in [-0.2, 0) is 11.3 Å². The van der Waals surface area contributed by atoms with Crippen molar-refractivity contribution in [1.82, 2.24) is 9.55 Å². The normalized spacial score (nSPS) is 11.8. The first-order valence-corrected chi connectivity index (χ1v) is 9.21. The van der Waals surface area contributed by atoms with Gasteiger partial charge in [0, 0.05) is 11.9 Å². The van der Waals surface area contributed by atoms with E-state index in [0.717, 1.165) is 11.3 Å². The predicted molar refractivity (Wildman–Crippen MR) is 102 cm³/mol. The number of primary amides is 1. The van der Waals surface area contributed by atoms with Crippen LogP contribution in [0, 0.1) is 5.41 Å². The van der Waals surface area contributed by atoms with Crippen LogP contribution in [0.3, 0.4) is 0 Å². The minimum absolute atomic E-state index is 0.0151. The smallest absolute Gasteiger partial charge is 0.224 e. The average molecular weight is 412 g/mol. The predicted octanol–water partition coefficient (Wildman–Crippen LogP) is 3.85. The van der Waals surface area contributed by atoms with Gasteiger partial charge in [-0.25, -0.2) is 4.98 Å². The number of thiophene rings is 1. The number of halogens is 2. The largest absolute Gasteiger partial charge is 0.494 e. The van der Waals surface area contributed by atoms with Crippen molar-refractivity contribution in [2.75, 3.05) is 0 Å². The highest BCUT2D eigenvalue weighted by molar-refractivity contribution is 7.12. The summed E-state index contributed by atoms with van der Waals surface area (Å²) in [5.41, 5.74) is 5.25. The Balaban J connectivity index is 2.23. The molecular formula is C17H15Cl2N3O3S. The van der Waals surface area contributed by atoms with Gasteiger partial charge in [-0.2, -0.15) is 0 Å². The lowest BCUT2D eigenvalue weighted by atomic mass is 9.92. The fourth-order valence-electron chi connectivity index (χ4n) is 2.58. The number of aromatic nitrogens is 2. The van der Waals surface area contributed by atoms with E-state index < -0.39 is 17.1 Å². The van der Waals surface area contributed by atoms with E-state index in [9.17, 15) is 14.7 Å². The molecule has 0 spiro atoms. The van der Waals surface area contributed by atoms with Crippen LogP contribution in [-0.4, -0.2) is 26.3 Å². The molecule has 3 rings (SSSR count). The van der Waals surface area contributed by atoms with Gasteiger partial charge in [-0.15, -0.1) is 11.3 Å². The van der Waals surface area contributed by atoms with Gasteiger partial charge in [0.05, 0.1) is 20.8 Å². The molecule has 0 aromatic carbocycles. The molecule has 0 saturated heterocycles. The minimum Gasteiger partial charge on any atom is -0.494 e. The van der Waals surface area contributed by atoms with E-state index in [1.54, 1.807) is 31.4 Å². The van der Waals surface area contributed by atoms with Gasteiger partial charge >= 0.3 is 0 Å². The third-order valence-corrected chi connectivity index (χ3v) is 5.57. The maximum Gasteiger partial charge on any atom is 0.224 e. The van der Waals surface area contributed by atoms with E-state index in [1.807, 2.05) is 0 Å². The summed E-state index contributed by atoms with van der Waals surface area (Å²) in [5, 5.41) is 13.0. The van der Waals surface area contributed by atoms with E-state index in [-0.39, 0.29) is 28.7 Å². The van der Waals surface area contributed by atoms with Crippen LogP contribution in [0.25, 0.3) is 11.0 Å². The van der Waals surface area contributed by atoms with E-state index in [4.69, 9.17) is 28.9 Å². The van der Waals surface area contributed by atoms with Crippen LogP contribution in [0.15, 0.2) is 23.6 Å². The summed E-state index contributed by atoms with van der Waals surface area (Å²) in [6.07, 6.45) is 0. The van der Waals surface area contributed by atoms with Crippen molar-refractivity contribution in [3.05, 3.63) is 44.2 Å². The number of carbonyl (C=O) groups is 2. The number of aromatic hydroxyl groups is 1. The standard InChI is InChI=1S/C17H15Cl2N3O3S/c1-17(2,16(20)25)7-22-9-3-4-11(19)21-13(9)12(15(22)24)14(23)10-5-8(18)6-26-10/h3-6,24H,7H2,1-2H3,(H2,20,25). The molecule has 3 aromatic rings. The molecule has 6 nitrogen and oxygen atoms in total. The summed E-state index contributed by atoms with van der Waals surface area (Å²) in [7, 11) is 0. The second-order valence-corrected chi connectivity index (χ2v) is 8.23. The lowest BCUT2D eigenvalue weighted by Crippen LogP contribution is -2.35. The third-order valence-electron chi connectivity index (χ3n) is 4.09. The minimum atomic E-state index is -0.949. The number of carbonyl (C=O) groups excluding carboxylic acids is 2. The molecule has 0 aliphatic carbocycles. The highest BCUT2D eigenvalue weighted by atomic mass is 35.5. The summed E-state index contributed by atoms with van der Waals surface area (Å²) < 4.78 is 1.45. The molecule has 9 heteroatoms. The number of ketones is 1. The molecule has 0 saturated carbocycles. The zero-order valence-electron chi connectivity index (χ0n) is 13.9. The van der Waals surface area contributed by atoms with Crippen LogP contribution < -0.4 is 5.73 Å². The average Bonchev–Trinajstić information content (AvgIpc) is 3.09. The molecule has 26 heavy (non-hydrogen) atoms. The maximum absolute atomic E-state index is 12.9. The second kappa shape index (κ2) is 6.57. The van der Waals surface area contributed by atoms with Crippen LogP contribution in [0.1, 0.15) is 29.1 Å². The zero-order valence-corrected chi connectivity index (χ0v) is 16.2. The molecule has 0 aliphatic rings. The lowest BCUT2D eigenvalue weighted by Gasteiger charge is -2.22. The third kappa shape index (κ3) is 3.18. The van der Waals surface area contributed by atoms with Crippen molar-refractivity contribution in [3.63, 3.8) is 0 Å². The Morgan fingerprint density at radius 3 is 2.62 bits per heavy atom. The van der Waals surface area contributed by atoms with Gasteiger partial charge in [0.25, 0.3) is 0 Å². The van der Waals surface area contributed by atoms with Gasteiger partial charge in [0.2, 0.25) is 17.6 Å². The van der Waals surface area contributed by atoms with Crippen LogP contribution in [0.2, 0.25) is 10.2 Å². The maximum atomic E-state index is 12.9. The Kier molecular flexibility index (Phi) is 4.72. The number of amides is 1. The van der Waals surface area contributed by atoms with E-state index in [1.165, 1.54) is 10.6 Å². The van der Waals surface area contributed by atoms with E-state index in [2.05, 4.69) is 4.98 Å². The zero-order chi connectivity index (χ0) is 19.2. The molecular weight excluding hydrogens is 397 g/mol. The number of nitrogens with two attached hydrogens (primary N) is 1. The molecule has 0 aliphatic heterocycles. The molecule has 1 amide bonds. The first-order chi connectivity index (χ1) is 12.1. The molecule has 0 radical (unpaired) electrons. The number of rotatable bonds is 5. The number of pyridine rings is 1. The number of fused-ring (bicyclic) bond motifs is 1. The van der Waals surface area contributed by atoms with Crippen molar-refractivity contribution in [1.29, 1.82) is 0 Å². The second-order valence-electron chi connectivity index (χ2n) is 6.49. The molecule has 136 valence electrons. The molecule has 3 heterocycles.